The van der Waals surface area contributed by atoms with Gasteiger partial charge in [-0.25, -0.2) is 9.78 Å². The van der Waals surface area contributed by atoms with Crippen molar-refractivity contribution in [3.8, 4) is 6.01 Å². The number of pyridine rings is 1. The molecule has 5 rings (SSSR count). The van der Waals surface area contributed by atoms with E-state index in [2.05, 4.69) is 51.3 Å². The Hall–Kier alpha value is -6.25. The van der Waals surface area contributed by atoms with E-state index in [0.29, 0.717) is 30.1 Å². The van der Waals surface area contributed by atoms with Gasteiger partial charge in [0, 0.05) is 22.8 Å². The zero-order valence-electron chi connectivity index (χ0n) is 28.1. The molecule has 0 aliphatic heterocycles. The number of esters is 1. The van der Waals surface area contributed by atoms with Crippen molar-refractivity contribution in [2.45, 2.75) is 36.8 Å². The predicted octanol–water partition coefficient (Wildman–Crippen LogP) is 4.75. The van der Waals surface area contributed by atoms with Gasteiger partial charge in [0.2, 0.25) is 11.9 Å². The van der Waals surface area contributed by atoms with Gasteiger partial charge in [-0.15, -0.1) is 0 Å². The molecule has 4 aromatic rings. The Morgan fingerprint density at radius 2 is 1.51 bits per heavy atom. The lowest BCUT2D eigenvalue weighted by atomic mass is 10.1. The molecule has 2 heterocycles. The molecule has 15 nitrogen and oxygen atoms in total. The monoisotopic (exact) mass is 795 g/mol. The van der Waals surface area contributed by atoms with Crippen LogP contribution in [-0.4, -0.2) is 76.1 Å². The molecule has 1 saturated carbocycles. The van der Waals surface area contributed by atoms with E-state index >= 15 is 0 Å². The van der Waals surface area contributed by atoms with Gasteiger partial charge in [-0.1, -0.05) is 23.7 Å². The molecule has 2 aromatic heterocycles. The number of hydrogen-bond acceptors (Lipinski definition) is 12. The second kappa shape index (κ2) is 16.4. The number of aromatic nitrogens is 4. The van der Waals surface area contributed by atoms with Crippen LogP contribution in [-0.2, 0) is 30.8 Å². The summed E-state index contributed by atoms with van der Waals surface area (Å²) in [5.41, 5.74) is -0.886. The van der Waals surface area contributed by atoms with Crippen LogP contribution in [0.4, 0.5) is 49.6 Å². The number of amides is 3. The van der Waals surface area contributed by atoms with Gasteiger partial charge >= 0.3 is 36.1 Å². The van der Waals surface area contributed by atoms with Crippen LogP contribution in [0.5, 0.6) is 6.01 Å². The topological polar surface area (TPSA) is 198 Å². The third kappa shape index (κ3) is 11.1. The summed E-state index contributed by atoms with van der Waals surface area (Å²) in [6.45, 7) is -2.28. The third-order valence-electron chi connectivity index (χ3n) is 7.66. The van der Waals surface area contributed by atoms with E-state index in [9.17, 15) is 45.5 Å². The zero-order valence-corrected chi connectivity index (χ0v) is 28.9. The smallest absolute Gasteiger partial charge is 0.433 e. The minimum absolute atomic E-state index is 0.00386. The molecule has 290 valence electrons. The predicted molar refractivity (Wildman–Crippen MR) is 181 cm³/mol. The van der Waals surface area contributed by atoms with E-state index < -0.39 is 72.5 Å². The van der Waals surface area contributed by atoms with Crippen LogP contribution in [0, 0.1) is 0 Å². The lowest BCUT2D eigenvalue weighted by molar-refractivity contribution is -0.154. The van der Waals surface area contributed by atoms with Crippen LogP contribution in [0.25, 0.3) is 0 Å². The summed E-state index contributed by atoms with van der Waals surface area (Å²) in [7, 11) is 1.01. The summed E-state index contributed by atoms with van der Waals surface area (Å²) in [4.78, 5) is 65.3. The summed E-state index contributed by atoms with van der Waals surface area (Å²) >= 11 is 6.01. The highest BCUT2D eigenvalue weighted by molar-refractivity contribution is 6.39. The number of nitrogens with one attached hydrogen (secondary N) is 5. The fourth-order valence-electron chi connectivity index (χ4n) is 4.78. The number of carbonyl (C=O) groups excluding carboxylic acids is 4. The SMILES string of the molecule is COC(=O)[C@H](CNC(=O)C(=O)Nc1ccc(C(F)(F)F)nc1)NC(=O)c1ccc(Nc2nc(NC3(c4ccc(Cl)cc4)CC3)nc(OCC(F)(F)F)n2)cc1. The number of halogens is 7. The quantitative estimate of drug-likeness (QED) is 0.0709. The normalized spacial score (nSPS) is 13.8. The molecule has 1 atom stereocenters. The van der Waals surface area contributed by atoms with Crippen LogP contribution in [0.1, 0.15) is 34.5 Å². The van der Waals surface area contributed by atoms with Crippen molar-refractivity contribution in [3.05, 3.63) is 88.7 Å². The maximum Gasteiger partial charge on any atom is 0.433 e. The van der Waals surface area contributed by atoms with Crippen LogP contribution in [0.15, 0.2) is 66.9 Å². The minimum atomic E-state index is -4.71. The number of nitrogens with zero attached hydrogens (tertiary/aromatic N) is 4. The highest BCUT2D eigenvalue weighted by Gasteiger charge is 2.45. The molecule has 0 radical (unpaired) electrons. The van der Waals surface area contributed by atoms with Crippen molar-refractivity contribution in [2.24, 2.45) is 0 Å². The number of hydrogen-bond donors (Lipinski definition) is 5. The number of alkyl halides is 6. The first kappa shape index (κ1) is 39.9. The number of anilines is 4. The van der Waals surface area contributed by atoms with Gasteiger partial charge in [0.15, 0.2) is 6.61 Å². The maximum absolute atomic E-state index is 13.0. The highest BCUT2D eigenvalue weighted by atomic mass is 35.5. The number of carbonyl (C=O) groups is 4. The van der Waals surface area contributed by atoms with Crippen molar-refractivity contribution in [1.82, 2.24) is 30.6 Å². The first-order chi connectivity index (χ1) is 25.9. The molecule has 0 bridgehead atoms. The van der Waals surface area contributed by atoms with E-state index in [4.69, 9.17) is 16.3 Å². The lowest BCUT2D eigenvalue weighted by Crippen LogP contribution is -2.50. The first-order valence-corrected chi connectivity index (χ1v) is 16.2. The zero-order chi connectivity index (χ0) is 40.0. The molecule has 0 saturated heterocycles. The van der Waals surface area contributed by atoms with Gasteiger partial charge in [0.05, 0.1) is 24.5 Å². The summed E-state index contributed by atoms with van der Waals surface area (Å²) in [6.07, 6.45) is -7.34. The average Bonchev–Trinajstić information content (AvgIpc) is 3.92. The number of ether oxygens (including phenoxy) is 2. The van der Waals surface area contributed by atoms with E-state index in [1.165, 1.54) is 24.3 Å². The second-order valence-corrected chi connectivity index (χ2v) is 12.2. The summed E-state index contributed by atoms with van der Waals surface area (Å²) in [6, 6.07) is 11.8. The summed E-state index contributed by atoms with van der Waals surface area (Å²) in [5, 5.41) is 13.0. The average molecular weight is 796 g/mol. The van der Waals surface area contributed by atoms with Crippen LogP contribution >= 0.6 is 11.6 Å². The molecule has 1 aliphatic carbocycles. The van der Waals surface area contributed by atoms with Gasteiger partial charge in [0.1, 0.15) is 11.7 Å². The van der Waals surface area contributed by atoms with Gasteiger partial charge in [-0.2, -0.15) is 41.3 Å². The van der Waals surface area contributed by atoms with Crippen molar-refractivity contribution < 1.29 is 55.0 Å². The van der Waals surface area contributed by atoms with Crippen LogP contribution < -0.4 is 31.3 Å². The second-order valence-electron chi connectivity index (χ2n) is 11.7. The molecule has 5 N–H and O–H groups in total. The Morgan fingerprint density at radius 1 is 0.855 bits per heavy atom. The van der Waals surface area contributed by atoms with Gasteiger partial charge < -0.3 is 36.1 Å². The fraction of sp³-hybridized carbons (Fsp3) is 0.273. The van der Waals surface area contributed by atoms with E-state index in [1.54, 1.807) is 24.3 Å². The molecule has 22 heteroatoms. The Kier molecular flexibility index (Phi) is 11.9. The Bertz CT molecular complexity index is 2030. The largest absolute Gasteiger partial charge is 0.467 e. The maximum atomic E-state index is 13.0. The molecular weight excluding hydrogens is 768 g/mol. The molecular formula is C33H28ClF6N9O6. The van der Waals surface area contributed by atoms with Crippen molar-refractivity contribution in [3.63, 3.8) is 0 Å². The Labute approximate surface area is 311 Å². The van der Waals surface area contributed by atoms with E-state index in [0.717, 1.165) is 18.7 Å². The van der Waals surface area contributed by atoms with Gasteiger partial charge in [0.25, 0.3) is 5.91 Å². The Morgan fingerprint density at radius 3 is 2.09 bits per heavy atom. The number of rotatable bonds is 13. The minimum Gasteiger partial charge on any atom is -0.467 e. The van der Waals surface area contributed by atoms with Crippen molar-refractivity contribution in [2.75, 3.05) is 36.2 Å². The molecule has 3 amide bonds. The van der Waals surface area contributed by atoms with Crippen LogP contribution in [0.2, 0.25) is 5.02 Å². The molecule has 55 heavy (non-hydrogen) atoms. The van der Waals surface area contributed by atoms with Crippen molar-refractivity contribution in [1.29, 1.82) is 0 Å². The van der Waals surface area contributed by atoms with Gasteiger partial charge in [-0.05, 0) is 66.9 Å². The molecule has 0 spiro atoms. The van der Waals surface area contributed by atoms with Crippen molar-refractivity contribution >= 4 is 58.6 Å². The lowest BCUT2D eigenvalue weighted by Gasteiger charge is -2.19. The van der Waals surface area contributed by atoms with E-state index in [-0.39, 0.29) is 28.8 Å². The molecule has 1 aliphatic rings. The third-order valence-corrected chi connectivity index (χ3v) is 7.91. The molecule has 0 unspecified atom stereocenters. The fourth-order valence-corrected chi connectivity index (χ4v) is 4.91. The number of methoxy groups -OCH3 is 1. The standard InChI is InChI=1S/C33H28ClF6N9O6/c1-54-27(53)22(15-42-25(51)26(52)43-21-10-11-23(41-14-21)33(38,39)40)45-24(50)17-2-8-20(9-3-17)44-28-46-29(48-30(47-28)55-16-32(35,36)37)49-31(12-13-31)18-4-6-19(34)7-5-18/h2-11,14,22H,12-13,15-16H2,1H3,(H,42,51)(H,43,52)(H,45,50)(H2,44,46,47,48,49)/t22-/m0/s1. The van der Waals surface area contributed by atoms with Crippen LogP contribution in [0.3, 0.4) is 0 Å². The Balaban J connectivity index is 1.22. The van der Waals surface area contributed by atoms with E-state index in [1.807, 2.05) is 0 Å². The summed E-state index contributed by atoms with van der Waals surface area (Å²) < 4.78 is 86.4. The molecule has 1 fully saturated rings. The summed E-state index contributed by atoms with van der Waals surface area (Å²) in [5.74, 6) is -4.67. The number of benzene rings is 2. The highest BCUT2D eigenvalue weighted by Crippen LogP contribution is 2.48. The first-order valence-electron chi connectivity index (χ1n) is 15.8. The molecule has 2 aromatic carbocycles. The van der Waals surface area contributed by atoms with Gasteiger partial charge in [-0.3, -0.25) is 14.4 Å².